The Morgan fingerprint density at radius 3 is 2.38 bits per heavy atom. The van der Waals surface area contributed by atoms with Crippen LogP contribution >= 0.6 is 11.6 Å². The zero-order chi connectivity index (χ0) is 24.8. The number of carbonyl (C=O) groups is 2. The number of ether oxygens (including phenoxy) is 3. The molecule has 0 aliphatic carbocycles. The van der Waals surface area contributed by atoms with Crippen molar-refractivity contribution in [2.24, 2.45) is 5.92 Å². The zero-order valence-electron chi connectivity index (χ0n) is 19.8. The molecular formula is C26H30ClNO6. The minimum atomic E-state index is -0.805. The Kier molecular flexibility index (Phi) is 8.58. The van der Waals surface area contributed by atoms with Crippen LogP contribution in [-0.2, 0) is 14.3 Å². The van der Waals surface area contributed by atoms with Crippen molar-refractivity contribution in [1.82, 2.24) is 4.90 Å². The van der Waals surface area contributed by atoms with Gasteiger partial charge in [0.2, 0.25) is 0 Å². The van der Waals surface area contributed by atoms with Crippen LogP contribution in [0, 0.1) is 5.92 Å². The Morgan fingerprint density at radius 1 is 1.09 bits per heavy atom. The van der Waals surface area contributed by atoms with Gasteiger partial charge in [-0.3, -0.25) is 9.59 Å². The van der Waals surface area contributed by atoms with Crippen LogP contribution in [0.5, 0.6) is 11.5 Å². The first-order chi connectivity index (χ1) is 16.3. The first-order valence-corrected chi connectivity index (χ1v) is 11.6. The van der Waals surface area contributed by atoms with Crippen molar-refractivity contribution >= 4 is 29.1 Å². The maximum absolute atomic E-state index is 13.1. The lowest BCUT2D eigenvalue weighted by Gasteiger charge is -2.25. The summed E-state index contributed by atoms with van der Waals surface area (Å²) in [6.45, 7) is 7.37. The molecule has 182 valence electrons. The van der Waals surface area contributed by atoms with Crippen molar-refractivity contribution in [2.45, 2.75) is 26.8 Å². The molecule has 1 heterocycles. The third-order valence-corrected chi connectivity index (χ3v) is 5.69. The van der Waals surface area contributed by atoms with E-state index >= 15 is 0 Å². The van der Waals surface area contributed by atoms with E-state index in [1.807, 2.05) is 6.92 Å². The third kappa shape index (κ3) is 5.54. The molecule has 8 heteroatoms. The van der Waals surface area contributed by atoms with Crippen LogP contribution < -0.4 is 9.47 Å². The second-order valence-corrected chi connectivity index (χ2v) is 8.74. The third-order valence-electron chi connectivity index (χ3n) is 5.36. The van der Waals surface area contributed by atoms with Crippen LogP contribution in [0.4, 0.5) is 0 Å². The van der Waals surface area contributed by atoms with Crippen molar-refractivity contribution in [3.63, 3.8) is 0 Å². The van der Waals surface area contributed by atoms with E-state index in [1.165, 1.54) is 12.0 Å². The minimum Gasteiger partial charge on any atom is -0.507 e. The second kappa shape index (κ2) is 11.4. The van der Waals surface area contributed by atoms with Crippen LogP contribution in [0.15, 0.2) is 48.0 Å². The Balaban J connectivity index is 2.09. The van der Waals surface area contributed by atoms with Crippen LogP contribution in [0.1, 0.15) is 37.9 Å². The number of ketones is 1. The van der Waals surface area contributed by atoms with Gasteiger partial charge in [0.1, 0.15) is 17.3 Å². The van der Waals surface area contributed by atoms with Crippen molar-refractivity contribution in [3.8, 4) is 11.5 Å². The fourth-order valence-corrected chi connectivity index (χ4v) is 3.95. The van der Waals surface area contributed by atoms with Gasteiger partial charge in [-0.1, -0.05) is 37.6 Å². The molecule has 0 radical (unpaired) electrons. The number of hydrogen-bond donors (Lipinski definition) is 1. The fourth-order valence-electron chi connectivity index (χ4n) is 3.74. The predicted octanol–water partition coefficient (Wildman–Crippen LogP) is 4.84. The molecule has 1 aliphatic heterocycles. The number of halogens is 1. The molecule has 3 rings (SSSR count). The summed E-state index contributed by atoms with van der Waals surface area (Å²) < 4.78 is 16.4. The Hall–Kier alpha value is -3.03. The monoisotopic (exact) mass is 487 g/mol. The number of carbonyl (C=O) groups excluding carboxylic acids is 2. The summed E-state index contributed by atoms with van der Waals surface area (Å²) in [6.07, 6.45) is 0. The van der Waals surface area contributed by atoms with Crippen LogP contribution in [0.3, 0.4) is 0 Å². The highest BCUT2D eigenvalue weighted by Gasteiger charge is 2.46. The number of rotatable bonds is 10. The van der Waals surface area contributed by atoms with Gasteiger partial charge in [-0.05, 0) is 48.7 Å². The van der Waals surface area contributed by atoms with E-state index < -0.39 is 17.7 Å². The molecule has 2 aromatic carbocycles. The first-order valence-electron chi connectivity index (χ1n) is 11.2. The molecule has 1 aliphatic rings. The number of nitrogens with zero attached hydrogens (tertiary/aromatic N) is 1. The summed E-state index contributed by atoms with van der Waals surface area (Å²) in [5.41, 5.74) is 0.845. The number of Topliss-reactive ketones (excluding diaryl/α,β-unsaturated/α-hetero) is 1. The van der Waals surface area contributed by atoms with E-state index in [1.54, 1.807) is 42.5 Å². The van der Waals surface area contributed by atoms with E-state index in [2.05, 4.69) is 13.8 Å². The number of amides is 1. The van der Waals surface area contributed by atoms with Gasteiger partial charge >= 0.3 is 0 Å². The van der Waals surface area contributed by atoms with Gasteiger partial charge in [-0.15, -0.1) is 0 Å². The van der Waals surface area contributed by atoms with E-state index in [-0.39, 0.29) is 35.1 Å². The molecule has 0 saturated carbocycles. The molecule has 0 bridgehead atoms. The SMILES string of the molecule is CCOc1ccc(Cl)c(/C(O)=C2\C(=O)C(=O)N(CCOC)C2c2ccc(OCC(C)C)cc2)c1. The summed E-state index contributed by atoms with van der Waals surface area (Å²) in [7, 11) is 1.52. The van der Waals surface area contributed by atoms with Crippen molar-refractivity contribution in [2.75, 3.05) is 33.5 Å². The maximum Gasteiger partial charge on any atom is 0.295 e. The van der Waals surface area contributed by atoms with Crippen LogP contribution in [0.2, 0.25) is 5.02 Å². The van der Waals surface area contributed by atoms with Crippen molar-refractivity contribution in [3.05, 3.63) is 64.2 Å². The highest BCUT2D eigenvalue weighted by molar-refractivity contribution is 6.47. The van der Waals surface area contributed by atoms with Crippen molar-refractivity contribution < 1.29 is 28.9 Å². The van der Waals surface area contributed by atoms with E-state index in [4.69, 9.17) is 25.8 Å². The van der Waals surface area contributed by atoms with Gasteiger partial charge in [0, 0.05) is 19.2 Å². The highest BCUT2D eigenvalue weighted by atomic mass is 35.5. The van der Waals surface area contributed by atoms with Gasteiger partial charge in [0.05, 0.1) is 36.5 Å². The number of hydrogen-bond acceptors (Lipinski definition) is 6. The molecule has 1 amide bonds. The van der Waals surface area contributed by atoms with Gasteiger partial charge < -0.3 is 24.2 Å². The Bertz CT molecular complexity index is 1060. The molecule has 1 unspecified atom stereocenters. The van der Waals surface area contributed by atoms with E-state index in [0.29, 0.717) is 36.2 Å². The normalized spacial score (nSPS) is 17.5. The molecule has 34 heavy (non-hydrogen) atoms. The smallest absolute Gasteiger partial charge is 0.295 e. The molecule has 2 aromatic rings. The van der Waals surface area contributed by atoms with Crippen LogP contribution in [-0.4, -0.2) is 55.2 Å². The van der Waals surface area contributed by atoms with Gasteiger partial charge in [0.15, 0.2) is 0 Å². The second-order valence-electron chi connectivity index (χ2n) is 8.33. The maximum atomic E-state index is 13.1. The van der Waals surface area contributed by atoms with E-state index in [0.717, 1.165) is 0 Å². The number of aliphatic hydroxyl groups is 1. The van der Waals surface area contributed by atoms with Gasteiger partial charge in [-0.25, -0.2) is 0 Å². The molecule has 7 nitrogen and oxygen atoms in total. The summed E-state index contributed by atoms with van der Waals surface area (Å²) in [5.74, 6) is -0.297. The lowest BCUT2D eigenvalue weighted by Crippen LogP contribution is -2.32. The summed E-state index contributed by atoms with van der Waals surface area (Å²) in [4.78, 5) is 27.4. The topological polar surface area (TPSA) is 85.3 Å². The lowest BCUT2D eigenvalue weighted by molar-refractivity contribution is -0.140. The van der Waals surface area contributed by atoms with Crippen molar-refractivity contribution in [1.29, 1.82) is 0 Å². The Morgan fingerprint density at radius 2 is 1.76 bits per heavy atom. The lowest BCUT2D eigenvalue weighted by atomic mass is 9.95. The largest absolute Gasteiger partial charge is 0.507 e. The molecule has 0 aromatic heterocycles. The predicted molar refractivity (Wildman–Crippen MR) is 130 cm³/mol. The van der Waals surface area contributed by atoms with Gasteiger partial charge in [0.25, 0.3) is 11.7 Å². The number of aliphatic hydroxyl groups excluding tert-OH is 1. The van der Waals surface area contributed by atoms with Gasteiger partial charge in [-0.2, -0.15) is 0 Å². The first kappa shape index (κ1) is 25.6. The summed E-state index contributed by atoms with van der Waals surface area (Å²) >= 11 is 6.35. The molecule has 0 spiro atoms. The number of methoxy groups -OCH3 is 1. The molecule has 1 atom stereocenters. The molecule has 1 N–H and O–H groups in total. The van der Waals surface area contributed by atoms with Crippen LogP contribution in [0.25, 0.3) is 5.76 Å². The average Bonchev–Trinajstić information content (AvgIpc) is 3.07. The minimum absolute atomic E-state index is 0.0347. The molecule has 1 saturated heterocycles. The van der Waals surface area contributed by atoms with E-state index in [9.17, 15) is 14.7 Å². The molecule has 1 fully saturated rings. The quantitative estimate of drug-likeness (QED) is 0.293. The summed E-state index contributed by atoms with van der Waals surface area (Å²) in [5, 5.41) is 11.5. The number of benzene rings is 2. The molecular weight excluding hydrogens is 458 g/mol. The highest BCUT2D eigenvalue weighted by Crippen LogP contribution is 2.41. The standard InChI is InChI=1S/C26H30ClNO6/c1-5-33-19-10-11-21(27)20(14-19)24(29)22-23(28(12-13-32-4)26(31)25(22)30)17-6-8-18(9-7-17)34-15-16(2)3/h6-11,14,16,23,29H,5,12-13,15H2,1-4H3/b24-22+. The Labute approximate surface area is 204 Å². The summed E-state index contributed by atoms with van der Waals surface area (Å²) in [6, 6.07) is 11.2. The average molecular weight is 488 g/mol. The zero-order valence-corrected chi connectivity index (χ0v) is 20.6. The fraction of sp³-hybridized carbons (Fsp3) is 0.385. The number of likely N-dealkylation sites (tertiary alicyclic amines) is 1.